The molecular weight excluding hydrogens is 354 g/mol. The fourth-order valence-corrected chi connectivity index (χ4v) is 2.70. The zero-order valence-electron chi connectivity index (χ0n) is 14.5. The predicted molar refractivity (Wildman–Crippen MR) is 101 cm³/mol. The van der Waals surface area contributed by atoms with Crippen LogP contribution in [0.5, 0.6) is 0 Å². The topological polar surface area (TPSA) is 122 Å². The van der Waals surface area contributed by atoms with Crippen LogP contribution >= 0.6 is 0 Å². The molecule has 5 heterocycles. The Labute approximate surface area is 159 Å². The molecule has 0 atom stereocenters. The maximum atomic E-state index is 4.51. The van der Waals surface area contributed by atoms with Crippen LogP contribution in [0.3, 0.4) is 0 Å². The van der Waals surface area contributed by atoms with Gasteiger partial charge in [0.05, 0.1) is 0 Å². The van der Waals surface area contributed by atoms with E-state index >= 15 is 0 Å². The summed E-state index contributed by atoms with van der Waals surface area (Å²) < 4.78 is 0. The minimum absolute atomic E-state index is 0.524. The van der Waals surface area contributed by atoms with E-state index in [4.69, 9.17) is 0 Å². The van der Waals surface area contributed by atoms with Gasteiger partial charge in [0.1, 0.15) is 11.4 Å². The molecule has 5 aromatic heterocycles. The third kappa shape index (κ3) is 3.01. The molecule has 0 amide bonds. The first-order valence-corrected chi connectivity index (χ1v) is 8.50. The standard InChI is InChI=1S/C19H13N9/c1-3-7-21-14(5-1)18-23-16(25-27-18)12-9-13(11-20-10-12)17-24-19(28-26-17)15-6-2-4-8-22-15/h1-11H,(H,23,25,27)(H,24,26,28). The van der Waals surface area contributed by atoms with Gasteiger partial charge in [-0.1, -0.05) is 12.1 Å². The summed E-state index contributed by atoms with van der Waals surface area (Å²) in [7, 11) is 0. The van der Waals surface area contributed by atoms with Gasteiger partial charge >= 0.3 is 0 Å². The second kappa shape index (κ2) is 6.80. The number of aromatic nitrogens is 9. The lowest BCUT2D eigenvalue weighted by molar-refractivity contribution is 1.08. The number of aromatic amines is 2. The monoisotopic (exact) mass is 367 g/mol. The molecule has 0 fully saturated rings. The summed E-state index contributed by atoms with van der Waals surface area (Å²) in [5.41, 5.74) is 2.94. The summed E-state index contributed by atoms with van der Waals surface area (Å²) in [6, 6.07) is 13.1. The number of hydrogen-bond acceptors (Lipinski definition) is 7. The van der Waals surface area contributed by atoms with Gasteiger partial charge in [0.2, 0.25) is 0 Å². The van der Waals surface area contributed by atoms with Crippen molar-refractivity contribution in [2.75, 3.05) is 0 Å². The van der Waals surface area contributed by atoms with E-state index in [-0.39, 0.29) is 0 Å². The van der Waals surface area contributed by atoms with Crippen molar-refractivity contribution in [1.82, 2.24) is 45.3 Å². The highest BCUT2D eigenvalue weighted by Gasteiger charge is 2.13. The first-order valence-electron chi connectivity index (χ1n) is 8.50. The average molecular weight is 367 g/mol. The minimum Gasteiger partial charge on any atom is -0.263 e. The highest BCUT2D eigenvalue weighted by Crippen LogP contribution is 2.23. The molecule has 5 aromatic rings. The van der Waals surface area contributed by atoms with Crippen LogP contribution < -0.4 is 0 Å². The molecule has 0 aliphatic rings. The maximum Gasteiger partial charge on any atom is 0.183 e. The van der Waals surface area contributed by atoms with Gasteiger partial charge in [0.15, 0.2) is 23.3 Å². The highest BCUT2D eigenvalue weighted by molar-refractivity contribution is 5.66. The van der Waals surface area contributed by atoms with E-state index in [2.05, 4.69) is 45.3 Å². The Balaban J connectivity index is 1.46. The van der Waals surface area contributed by atoms with Gasteiger partial charge < -0.3 is 0 Å². The molecule has 5 rings (SSSR count). The van der Waals surface area contributed by atoms with Crippen LogP contribution in [-0.2, 0) is 0 Å². The SMILES string of the molecule is c1ccc(-c2nc(-c3cncc(-c4n[nH]c(-c5ccccn5)n4)c3)n[nH]2)nc1. The van der Waals surface area contributed by atoms with Crippen molar-refractivity contribution in [2.24, 2.45) is 0 Å². The number of pyridine rings is 3. The van der Waals surface area contributed by atoms with Crippen LogP contribution in [-0.4, -0.2) is 45.3 Å². The molecule has 0 aliphatic heterocycles. The van der Waals surface area contributed by atoms with Gasteiger partial charge in [0.25, 0.3) is 0 Å². The molecule has 0 aromatic carbocycles. The molecule has 0 spiro atoms. The Kier molecular flexibility index (Phi) is 3.87. The first kappa shape index (κ1) is 15.9. The van der Waals surface area contributed by atoms with Gasteiger partial charge in [-0.15, -0.1) is 0 Å². The van der Waals surface area contributed by atoms with Crippen LogP contribution in [0.4, 0.5) is 0 Å². The van der Waals surface area contributed by atoms with E-state index in [1.54, 1.807) is 24.8 Å². The van der Waals surface area contributed by atoms with Crippen LogP contribution in [0, 0.1) is 0 Å². The highest BCUT2D eigenvalue weighted by atomic mass is 15.2. The average Bonchev–Trinajstić information content (AvgIpc) is 3.46. The van der Waals surface area contributed by atoms with E-state index in [1.165, 1.54) is 0 Å². The quantitative estimate of drug-likeness (QED) is 0.501. The lowest BCUT2D eigenvalue weighted by atomic mass is 10.2. The third-order valence-corrected chi connectivity index (χ3v) is 4.04. The molecule has 28 heavy (non-hydrogen) atoms. The molecule has 134 valence electrons. The molecule has 0 unspecified atom stereocenters. The predicted octanol–water partition coefficient (Wildman–Crippen LogP) is 2.78. The van der Waals surface area contributed by atoms with Crippen molar-refractivity contribution in [3.8, 4) is 45.8 Å². The summed E-state index contributed by atoms with van der Waals surface area (Å²) in [6.45, 7) is 0. The van der Waals surface area contributed by atoms with E-state index < -0.39 is 0 Å². The number of nitrogens with zero attached hydrogens (tertiary/aromatic N) is 7. The van der Waals surface area contributed by atoms with E-state index in [0.717, 1.165) is 22.5 Å². The summed E-state index contributed by atoms with van der Waals surface area (Å²) in [4.78, 5) is 21.8. The molecular formula is C19H13N9. The second-order valence-corrected chi connectivity index (χ2v) is 5.91. The first-order chi connectivity index (χ1) is 13.9. The van der Waals surface area contributed by atoms with Crippen LogP contribution in [0.1, 0.15) is 0 Å². The molecule has 9 nitrogen and oxygen atoms in total. The van der Waals surface area contributed by atoms with Crippen molar-refractivity contribution >= 4 is 0 Å². The van der Waals surface area contributed by atoms with Crippen LogP contribution in [0.15, 0.2) is 67.3 Å². The Bertz CT molecular complexity index is 1120. The Morgan fingerprint density at radius 2 is 1.18 bits per heavy atom. The van der Waals surface area contributed by atoms with Gasteiger partial charge in [-0.3, -0.25) is 25.1 Å². The number of rotatable bonds is 4. The third-order valence-electron chi connectivity index (χ3n) is 4.04. The summed E-state index contributed by atoms with van der Waals surface area (Å²) in [5, 5.41) is 14.4. The van der Waals surface area contributed by atoms with Crippen molar-refractivity contribution in [3.63, 3.8) is 0 Å². The number of hydrogen-bond donors (Lipinski definition) is 2. The molecule has 0 saturated heterocycles. The summed E-state index contributed by atoms with van der Waals surface area (Å²) in [6.07, 6.45) is 6.81. The fraction of sp³-hybridized carbons (Fsp3) is 0. The largest absolute Gasteiger partial charge is 0.263 e. The van der Waals surface area contributed by atoms with Crippen molar-refractivity contribution in [2.45, 2.75) is 0 Å². The molecule has 0 bridgehead atoms. The Morgan fingerprint density at radius 3 is 1.64 bits per heavy atom. The molecule has 2 N–H and O–H groups in total. The minimum atomic E-state index is 0.524. The van der Waals surface area contributed by atoms with Gasteiger partial charge in [-0.25, -0.2) is 9.97 Å². The normalized spacial score (nSPS) is 10.9. The number of H-pyrrole nitrogens is 2. The fourth-order valence-electron chi connectivity index (χ4n) is 2.70. The Hall–Kier alpha value is -4.27. The Morgan fingerprint density at radius 1 is 0.643 bits per heavy atom. The zero-order chi connectivity index (χ0) is 18.8. The maximum absolute atomic E-state index is 4.51. The van der Waals surface area contributed by atoms with E-state index in [0.29, 0.717) is 23.3 Å². The lowest BCUT2D eigenvalue weighted by Crippen LogP contribution is -1.88. The smallest absolute Gasteiger partial charge is 0.183 e. The molecule has 0 radical (unpaired) electrons. The van der Waals surface area contributed by atoms with Crippen molar-refractivity contribution < 1.29 is 0 Å². The van der Waals surface area contributed by atoms with E-state index in [9.17, 15) is 0 Å². The molecule has 0 aliphatic carbocycles. The van der Waals surface area contributed by atoms with Crippen LogP contribution in [0.25, 0.3) is 45.8 Å². The molecule has 9 heteroatoms. The summed E-state index contributed by atoms with van der Waals surface area (Å²) in [5.74, 6) is 2.23. The van der Waals surface area contributed by atoms with Gasteiger partial charge in [-0.05, 0) is 30.3 Å². The zero-order valence-corrected chi connectivity index (χ0v) is 14.5. The summed E-state index contributed by atoms with van der Waals surface area (Å²) >= 11 is 0. The number of nitrogens with one attached hydrogen (secondary N) is 2. The van der Waals surface area contributed by atoms with Crippen molar-refractivity contribution in [3.05, 3.63) is 67.3 Å². The lowest BCUT2D eigenvalue weighted by Gasteiger charge is -1.98. The second-order valence-electron chi connectivity index (χ2n) is 5.91. The van der Waals surface area contributed by atoms with E-state index in [1.807, 2.05) is 42.5 Å². The van der Waals surface area contributed by atoms with Gasteiger partial charge in [-0.2, -0.15) is 10.2 Å². The molecule has 0 saturated carbocycles. The van der Waals surface area contributed by atoms with Crippen LogP contribution in [0.2, 0.25) is 0 Å². The van der Waals surface area contributed by atoms with Crippen molar-refractivity contribution in [1.29, 1.82) is 0 Å². The van der Waals surface area contributed by atoms with Gasteiger partial charge in [0, 0.05) is 35.9 Å².